The van der Waals surface area contributed by atoms with Gasteiger partial charge in [-0.15, -0.1) is 0 Å². The molecule has 0 unspecified atom stereocenters. The van der Waals surface area contributed by atoms with Crippen molar-refractivity contribution in [1.82, 2.24) is 0 Å². The summed E-state index contributed by atoms with van der Waals surface area (Å²) < 4.78 is 0. The number of aliphatic imine (C=N–C) groups is 1. The van der Waals surface area contributed by atoms with E-state index in [1.54, 1.807) is 18.9 Å². The predicted octanol–water partition coefficient (Wildman–Crippen LogP) is 4.54. The molecular formula is C19H22N2O. The quantitative estimate of drug-likeness (QED) is 0.762. The summed E-state index contributed by atoms with van der Waals surface area (Å²) in [5.41, 5.74) is 4.14. The van der Waals surface area contributed by atoms with E-state index in [4.69, 9.17) is 0 Å². The van der Waals surface area contributed by atoms with E-state index in [2.05, 4.69) is 43.1 Å². The Balaban J connectivity index is 2.08. The Hall–Kier alpha value is -2.42. The van der Waals surface area contributed by atoms with Gasteiger partial charge in [0.05, 0.1) is 5.69 Å². The van der Waals surface area contributed by atoms with Crippen molar-refractivity contribution in [1.29, 1.82) is 0 Å². The maximum Gasteiger partial charge on any atom is 0.223 e. The number of amides is 1. The van der Waals surface area contributed by atoms with Gasteiger partial charge in [-0.2, -0.15) is 0 Å². The maximum absolute atomic E-state index is 11.3. The van der Waals surface area contributed by atoms with Crippen LogP contribution in [0.3, 0.4) is 0 Å². The molecule has 0 aliphatic heterocycles. The first-order valence-electron chi connectivity index (χ1n) is 7.46. The van der Waals surface area contributed by atoms with Crippen LogP contribution in [0.2, 0.25) is 0 Å². The molecule has 0 saturated carbocycles. The average Bonchev–Trinajstić information content (AvgIpc) is 2.53. The Morgan fingerprint density at radius 3 is 2.14 bits per heavy atom. The van der Waals surface area contributed by atoms with Crippen molar-refractivity contribution in [2.24, 2.45) is 4.99 Å². The highest BCUT2D eigenvalue weighted by Crippen LogP contribution is 2.19. The van der Waals surface area contributed by atoms with Crippen LogP contribution in [0, 0.1) is 0 Å². The van der Waals surface area contributed by atoms with Gasteiger partial charge in [0, 0.05) is 25.9 Å². The lowest BCUT2D eigenvalue weighted by Crippen LogP contribution is -2.22. The molecule has 0 spiro atoms. The lowest BCUT2D eigenvalue weighted by Gasteiger charge is -2.14. The SMILES string of the molecule is CC(=O)N(C)c1ccc(N=Cc2ccc(C(C)C)cc2)cc1. The van der Waals surface area contributed by atoms with Gasteiger partial charge in [0.1, 0.15) is 0 Å². The van der Waals surface area contributed by atoms with Crippen LogP contribution in [0.1, 0.15) is 37.8 Å². The first kappa shape index (κ1) is 16.0. The summed E-state index contributed by atoms with van der Waals surface area (Å²) in [7, 11) is 1.76. The molecule has 0 saturated heterocycles. The van der Waals surface area contributed by atoms with Gasteiger partial charge >= 0.3 is 0 Å². The van der Waals surface area contributed by atoms with Gasteiger partial charge in [0.15, 0.2) is 0 Å². The smallest absolute Gasteiger partial charge is 0.223 e. The van der Waals surface area contributed by atoms with Crippen molar-refractivity contribution in [3.8, 4) is 0 Å². The van der Waals surface area contributed by atoms with Crippen LogP contribution >= 0.6 is 0 Å². The molecule has 0 radical (unpaired) electrons. The van der Waals surface area contributed by atoms with Crippen molar-refractivity contribution < 1.29 is 4.79 Å². The minimum Gasteiger partial charge on any atom is -0.316 e. The van der Waals surface area contributed by atoms with Crippen molar-refractivity contribution >= 4 is 23.5 Å². The lowest BCUT2D eigenvalue weighted by atomic mass is 10.0. The zero-order valence-electron chi connectivity index (χ0n) is 13.6. The molecular weight excluding hydrogens is 272 g/mol. The van der Waals surface area contributed by atoms with E-state index in [1.807, 2.05) is 30.5 Å². The van der Waals surface area contributed by atoms with E-state index in [-0.39, 0.29) is 5.91 Å². The van der Waals surface area contributed by atoms with Gasteiger partial charge in [0.25, 0.3) is 0 Å². The van der Waals surface area contributed by atoms with E-state index in [0.29, 0.717) is 5.92 Å². The summed E-state index contributed by atoms with van der Waals surface area (Å²) >= 11 is 0. The third-order valence-corrected chi connectivity index (χ3v) is 3.68. The number of hydrogen-bond donors (Lipinski definition) is 0. The van der Waals surface area contributed by atoms with E-state index in [1.165, 1.54) is 5.56 Å². The molecule has 2 rings (SSSR count). The second kappa shape index (κ2) is 7.03. The zero-order chi connectivity index (χ0) is 16.1. The highest BCUT2D eigenvalue weighted by atomic mass is 16.2. The molecule has 0 aromatic heterocycles. The second-order valence-electron chi connectivity index (χ2n) is 5.67. The molecule has 0 fully saturated rings. The number of nitrogens with zero attached hydrogens (tertiary/aromatic N) is 2. The molecule has 0 N–H and O–H groups in total. The van der Waals surface area contributed by atoms with Crippen molar-refractivity contribution in [3.63, 3.8) is 0 Å². The fourth-order valence-corrected chi connectivity index (χ4v) is 2.06. The third kappa shape index (κ3) is 4.04. The minimum atomic E-state index is 0.0153. The summed E-state index contributed by atoms with van der Waals surface area (Å²) in [5, 5.41) is 0. The van der Waals surface area contributed by atoms with Crippen molar-refractivity contribution in [2.75, 3.05) is 11.9 Å². The van der Waals surface area contributed by atoms with Crippen LogP contribution in [0.25, 0.3) is 0 Å². The summed E-state index contributed by atoms with van der Waals surface area (Å²) in [6, 6.07) is 16.1. The Morgan fingerprint density at radius 1 is 1.05 bits per heavy atom. The molecule has 22 heavy (non-hydrogen) atoms. The zero-order valence-corrected chi connectivity index (χ0v) is 13.6. The molecule has 0 aliphatic rings. The van der Waals surface area contributed by atoms with Crippen LogP contribution in [0.5, 0.6) is 0 Å². The lowest BCUT2D eigenvalue weighted by molar-refractivity contribution is -0.116. The Bertz CT molecular complexity index is 655. The predicted molar refractivity (Wildman–Crippen MR) is 93.3 cm³/mol. The van der Waals surface area contributed by atoms with Gasteiger partial charge in [-0.1, -0.05) is 38.1 Å². The topological polar surface area (TPSA) is 32.7 Å². The largest absolute Gasteiger partial charge is 0.316 e. The molecule has 3 heteroatoms. The highest BCUT2D eigenvalue weighted by Gasteiger charge is 2.04. The molecule has 3 nitrogen and oxygen atoms in total. The maximum atomic E-state index is 11.3. The van der Waals surface area contributed by atoms with E-state index in [0.717, 1.165) is 16.9 Å². The standard InChI is InChI=1S/C19H22N2O/c1-14(2)17-7-5-16(6-8-17)13-20-18-9-11-19(12-10-18)21(4)15(3)22/h5-14H,1-4H3. The Labute approximate surface area is 132 Å². The van der Waals surface area contributed by atoms with Crippen LogP contribution < -0.4 is 4.90 Å². The fraction of sp³-hybridized carbons (Fsp3) is 0.263. The van der Waals surface area contributed by atoms with Crippen LogP contribution in [0.15, 0.2) is 53.5 Å². The Kier molecular flexibility index (Phi) is 5.10. The molecule has 0 heterocycles. The number of carbonyl (C=O) groups excluding carboxylic acids is 1. The van der Waals surface area contributed by atoms with Gasteiger partial charge in [-0.05, 0) is 41.3 Å². The molecule has 114 valence electrons. The van der Waals surface area contributed by atoms with Crippen LogP contribution in [-0.4, -0.2) is 19.2 Å². The summed E-state index contributed by atoms with van der Waals surface area (Å²) in [4.78, 5) is 17.4. The van der Waals surface area contributed by atoms with E-state index in [9.17, 15) is 4.79 Å². The first-order chi connectivity index (χ1) is 10.5. The van der Waals surface area contributed by atoms with Crippen LogP contribution in [0.4, 0.5) is 11.4 Å². The van der Waals surface area contributed by atoms with Crippen molar-refractivity contribution in [3.05, 3.63) is 59.7 Å². The van der Waals surface area contributed by atoms with Crippen molar-refractivity contribution in [2.45, 2.75) is 26.7 Å². The molecule has 2 aromatic rings. The number of rotatable bonds is 4. The summed E-state index contributed by atoms with van der Waals surface area (Å²) in [6.45, 7) is 5.91. The average molecular weight is 294 g/mol. The first-order valence-corrected chi connectivity index (χ1v) is 7.46. The summed E-state index contributed by atoms with van der Waals surface area (Å²) in [6.07, 6.45) is 1.85. The number of anilines is 1. The molecule has 0 bridgehead atoms. The minimum absolute atomic E-state index is 0.0153. The van der Waals surface area contributed by atoms with Crippen LogP contribution in [-0.2, 0) is 4.79 Å². The second-order valence-corrected chi connectivity index (χ2v) is 5.67. The fourth-order valence-electron chi connectivity index (χ4n) is 2.06. The number of benzene rings is 2. The number of carbonyl (C=O) groups is 1. The normalized spacial score (nSPS) is 11.1. The molecule has 0 atom stereocenters. The van der Waals surface area contributed by atoms with Gasteiger partial charge in [-0.25, -0.2) is 0 Å². The molecule has 0 aliphatic carbocycles. The monoisotopic (exact) mass is 294 g/mol. The van der Waals surface area contributed by atoms with Gasteiger partial charge in [-0.3, -0.25) is 9.79 Å². The Morgan fingerprint density at radius 2 is 1.64 bits per heavy atom. The van der Waals surface area contributed by atoms with Gasteiger partial charge in [0.2, 0.25) is 5.91 Å². The third-order valence-electron chi connectivity index (χ3n) is 3.68. The van der Waals surface area contributed by atoms with Gasteiger partial charge < -0.3 is 4.90 Å². The molecule has 2 aromatic carbocycles. The van der Waals surface area contributed by atoms with E-state index < -0.39 is 0 Å². The molecule has 1 amide bonds. The highest BCUT2D eigenvalue weighted by molar-refractivity contribution is 5.91. The van der Waals surface area contributed by atoms with E-state index >= 15 is 0 Å². The summed E-state index contributed by atoms with van der Waals surface area (Å²) in [5.74, 6) is 0.554. The number of hydrogen-bond acceptors (Lipinski definition) is 2.